The zero-order valence-electron chi connectivity index (χ0n) is 9.68. The van der Waals surface area contributed by atoms with Gasteiger partial charge < -0.3 is 21.3 Å². The van der Waals surface area contributed by atoms with Crippen LogP contribution in [0, 0.1) is 0 Å². The molecule has 18 heavy (non-hydrogen) atoms. The first-order chi connectivity index (χ1) is 7.40. The highest BCUT2D eigenvalue weighted by Crippen LogP contribution is 1.90. The van der Waals surface area contributed by atoms with Gasteiger partial charge in [-0.3, -0.25) is 0 Å². The van der Waals surface area contributed by atoms with Crippen LogP contribution in [0.4, 0.5) is 8.78 Å². The van der Waals surface area contributed by atoms with Crippen molar-refractivity contribution in [1.29, 1.82) is 0 Å². The Morgan fingerprint density at radius 3 is 1.72 bits per heavy atom. The Morgan fingerprint density at radius 1 is 1.17 bits per heavy atom. The van der Waals surface area contributed by atoms with Gasteiger partial charge >= 0.3 is 11.9 Å². The van der Waals surface area contributed by atoms with Crippen LogP contribution in [0.5, 0.6) is 0 Å². The first kappa shape index (κ1) is 26.0. The van der Waals surface area contributed by atoms with Crippen LogP contribution < -0.4 is 11.5 Å². The molecule has 10 heteroatoms. The first-order valence-corrected chi connectivity index (χ1v) is 4.48. The summed E-state index contributed by atoms with van der Waals surface area (Å²) < 4.78 is 27.9. The average molecular weight is 315 g/mol. The maximum atomic E-state index is 12.1. The zero-order chi connectivity index (χ0) is 13.1. The lowest BCUT2D eigenvalue weighted by Gasteiger charge is -2.02. The molecule has 2 atom stereocenters. The molecule has 0 aliphatic rings. The van der Waals surface area contributed by atoms with Gasteiger partial charge in [0.05, 0.1) is 6.61 Å². The van der Waals surface area contributed by atoms with Crippen molar-refractivity contribution in [2.24, 2.45) is 11.5 Å². The van der Waals surface area contributed by atoms with Crippen molar-refractivity contribution in [3.63, 3.8) is 0 Å². The molecule has 6 nitrogen and oxygen atoms in total. The minimum Gasteiger partial charge on any atom is -0.479 e. The molecule has 0 radical (unpaired) electrons. The molecule has 0 heterocycles. The second kappa shape index (κ2) is 16.3. The van der Waals surface area contributed by atoms with Gasteiger partial charge in [0.15, 0.2) is 0 Å². The van der Waals surface area contributed by atoms with E-state index in [0.29, 0.717) is 0 Å². The van der Waals surface area contributed by atoms with Gasteiger partial charge in [-0.05, 0) is 6.92 Å². The molecular weight excluding hydrogens is 297 g/mol. The topological polar surface area (TPSA) is 116 Å². The minimum absolute atomic E-state index is 0. The molecule has 5 N–H and O–H groups in total. The number of carbonyl (C=O) groups excluding carboxylic acids is 1. The van der Waals surface area contributed by atoms with E-state index in [9.17, 15) is 18.4 Å². The van der Waals surface area contributed by atoms with Gasteiger partial charge in [-0.15, -0.1) is 24.8 Å². The molecule has 0 unspecified atom stereocenters. The Labute approximate surface area is 116 Å². The lowest BCUT2D eigenvalue weighted by Crippen LogP contribution is -2.26. The van der Waals surface area contributed by atoms with Crippen molar-refractivity contribution < 1.29 is 28.2 Å². The number of rotatable bonds is 5. The molecule has 0 aliphatic heterocycles. The standard InChI is InChI=1S/C5H10FNO2.C3H6FNO2.2ClH/c1-2-9-5(8)4(6)3-7;4-2(1-5)3(6)7;;/h4H,2-3,7H2,1H3;2H,1,5H2,(H,6,7);2*1H/t4-;2-;;/m11../s1. The van der Waals surface area contributed by atoms with Crippen molar-refractivity contribution in [2.75, 3.05) is 19.7 Å². The molecule has 0 aromatic heterocycles. The van der Waals surface area contributed by atoms with Crippen molar-refractivity contribution in [2.45, 2.75) is 19.3 Å². The number of alkyl halides is 2. The third-order valence-corrected chi connectivity index (χ3v) is 1.22. The molecule has 0 rings (SSSR count). The number of aliphatic carboxylic acids is 1. The Kier molecular flexibility index (Phi) is 23.5. The van der Waals surface area contributed by atoms with Crippen molar-refractivity contribution >= 4 is 36.8 Å². The summed E-state index contributed by atoms with van der Waals surface area (Å²) in [6.07, 6.45) is -3.56. The van der Waals surface area contributed by atoms with Crippen LogP contribution in [0.15, 0.2) is 0 Å². The van der Waals surface area contributed by atoms with Gasteiger partial charge in [0, 0.05) is 13.1 Å². The molecular formula is C8H18Cl2F2N2O4. The second-order valence-corrected chi connectivity index (χ2v) is 2.50. The largest absolute Gasteiger partial charge is 0.479 e. The summed E-state index contributed by atoms with van der Waals surface area (Å²) in [5, 5.41) is 7.73. The fourth-order valence-electron chi connectivity index (χ4n) is 0.430. The van der Waals surface area contributed by atoms with E-state index in [1.54, 1.807) is 6.92 Å². The van der Waals surface area contributed by atoms with Crippen LogP contribution in [-0.2, 0) is 14.3 Å². The van der Waals surface area contributed by atoms with E-state index < -0.39 is 30.8 Å². The number of hydrogen-bond donors (Lipinski definition) is 3. The summed E-state index contributed by atoms with van der Waals surface area (Å²) in [5.74, 6) is -2.37. The number of carbonyl (C=O) groups is 2. The summed E-state index contributed by atoms with van der Waals surface area (Å²) in [6, 6.07) is 0. The fourth-order valence-corrected chi connectivity index (χ4v) is 0.430. The molecule has 0 aromatic rings. The van der Waals surface area contributed by atoms with Crippen LogP contribution in [0.2, 0.25) is 0 Å². The smallest absolute Gasteiger partial charge is 0.342 e. The van der Waals surface area contributed by atoms with Crippen LogP contribution in [0.1, 0.15) is 6.92 Å². The minimum atomic E-state index is -1.90. The number of halogens is 4. The predicted octanol–water partition coefficient (Wildman–Crippen LogP) is 0.0577. The number of carboxylic acid groups (broad SMARTS) is 1. The van der Waals surface area contributed by atoms with Crippen LogP contribution in [0.25, 0.3) is 0 Å². The third kappa shape index (κ3) is 15.3. The number of hydrogen-bond acceptors (Lipinski definition) is 5. The molecule has 0 saturated carbocycles. The van der Waals surface area contributed by atoms with Crippen molar-refractivity contribution in [1.82, 2.24) is 0 Å². The molecule has 0 aromatic carbocycles. The van der Waals surface area contributed by atoms with Gasteiger partial charge in [-0.1, -0.05) is 0 Å². The number of carboxylic acids is 1. The lowest BCUT2D eigenvalue weighted by molar-refractivity contribution is -0.148. The number of ether oxygens (including phenoxy) is 1. The molecule has 0 aliphatic carbocycles. The summed E-state index contributed by atoms with van der Waals surface area (Å²) >= 11 is 0. The zero-order valence-corrected chi connectivity index (χ0v) is 11.3. The van der Waals surface area contributed by atoms with Crippen LogP contribution in [-0.4, -0.2) is 49.1 Å². The Bertz CT molecular complexity index is 225. The van der Waals surface area contributed by atoms with E-state index in [1.165, 1.54) is 0 Å². The number of nitrogens with two attached hydrogens (primary N) is 2. The van der Waals surface area contributed by atoms with Gasteiger partial charge in [-0.2, -0.15) is 0 Å². The monoisotopic (exact) mass is 314 g/mol. The highest BCUT2D eigenvalue weighted by Gasteiger charge is 2.15. The summed E-state index contributed by atoms with van der Waals surface area (Å²) in [6.45, 7) is 1.05. The number of esters is 1. The molecule has 0 bridgehead atoms. The van der Waals surface area contributed by atoms with Gasteiger partial charge in [-0.25, -0.2) is 18.4 Å². The van der Waals surface area contributed by atoms with Crippen LogP contribution in [0.3, 0.4) is 0 Å². The maximum absolute atomic E-state index is 12.1. The Morgan fingerprint density at radius 2 is 1.56 bits per heavy atom. The summed E-state index contributed by atoms with van der Waals surface area (Å²) in [5.41, 5.74) is 9.44. The molecule has 0 fully saturated rings. The van der Waals surface area contributed by atoms with E-state index in [4.69, 9.17) is 10.8 Å². The Balaban J connectivity index is -0.000000100. The fraction of sp³-hybridized carbons (Fsp3) is 0.750. The lowest BCUT2D eigenvalue weighted by atomic mass is 10.4. The molecule has 0 amide bonds. The Hall–Kier alpha value is -0.700. The van der Waals surface area contributed by atoms with Gasteiger partial charge in [0.1, 0.15) is 0 Å². The van der Waals surface area contributed by atoms with E-state index in [2.05, 4.69) is 10.5 Å². The molecule has 0 spiro atoms. The van der Waals surface area contributed by atoms with E-state index in [1.807, 2.05) is 0 Å². The van der Waals surface area contributed by atoms with E-state index in [0.717, 1.165) is 0 Å². The third-order valence-electron chi connectivity index (χ3n) is 1.22. The molecule has 112 valence electrons. The highest BCUT2D eigenvalue weighted by atomic mass is 35.5. The normalized spacial score (nSPS) is 11.6. The summed E-state index contributed by atoms with van der Waals surface area (Å²) in [4.78, 5) is 19.8. The second-order valence-electron chi connectivity index (χ2n) is 2.50. The van der Waals surface area contributed by atoms with E-state index >= 15 is 0 Å². The van der Waals surface area contributed by atoms with Crippen molar-refractivity contribution in [3.8, 4) is 0 Å². The predicted molar refractivity (Wildman–Crippen MR) is 66.7 cm³/mol. The van der Waals surface area contributed by atoms with Crippen molar-refractivity contribution in [3.05, 3.63) is 0 Å². The first-order valence-electron chi connectivity index (χ1n) is 4.48. The summed E-state index contributed by atoms with van der Waals surface area (Å²) in [7, 11) is 0. The quantitative estimate of drug-likeness (QED) is 0.618. The van der Waals surface area contributed by atoms with Gasteiger partial charge in [0.2, 0.25) is 12.3 Å². The average Bonchev–Trinajstić information content (AvgIpc) is 2.27. The highest BCUT2D eigenvalue weighted by molar-refractivity contribution is 5.85. The molecule has 0 saturated heterocycles. The maximum Gasteiger partial charge on any atom is 0.342 e. The van der Waals surface area contributed by atoms with Gasteiger partial charge in [0.25, 0.3) is 0 Å². The van der Waals surface area contributed by atoms with Crippen LogP contribution >= 0.6 is 24.8 Å². The SMILES string of the molecule is CCOC(=O)[C@H](F)CN.Cl.Cl.NC[C@@H](F)C(=O)O. The van der Waals surface area contributed by atoms with E-state index in [-0.39, 0.29) is 38.0 Å².